The second kappa shape index (κ2) is 6.07. The summed E-state index contributed by atoms with van der Waals surface area (Å²) in [5, 5.41) is 6.21. The number of benzene rings is 1. The van der Waals surface area contributed by atoms with Crippen LogP contribution in [0.1, 0.15) is 24.6 Å². The van der Waals surface area contributed by atoms with Crippen molar-refractivity contribution in [2.45, 2.75) is 26.8 Å². The van der Waals surface area contributed by atoms with Crippen molar-refractivity contribution in [2.24, 2.45) is 0 Å². The van der Waals surface area contributed by atoms with Gasteiger partial charge in [-0.1, -0.05) is 19.1 Å². The molecule has 2 nitrogen and oxygen atoms in total. The average molecular weight is 264 g/mol. The first kappa shape index (κ1) is 13.2. The molecule has 1 aromatic heterocycles. The standard InChI is InChI=1S/C14H17FN2S/c1-3-6-16-8-12-9-18-14(17-12)11-5-4-10(2)13(15)7-11/h4-5,7,9,16H,3,6,8H2,1-2H3. The molecule has 0 aliphatic rings. The van der Waals surface area contributed by atoms with E-state index in [1.165, 1.54) is 0 Å². The molecule has 2 rings (SSSR count). The van der Waals surface area contributed by atoms with Gasteiger partial charge >= 0.3 is 0 Å². The average Bonchev–Trinajstić information content (AvgIpc) is 2.82. The highest BCUT2D eigenvalue weighted by atomic mass is 32.1. The summed E-state index contributed by atoms with van der Waals surface area (Å²) < 4.78 is 13.5. The zero-order chi connectivity index (χ0) is 13.0. The van der Waals surface area contributed by atoms with Gasteiger partial charge in [0.15, 0.2) is 0 Å². The first-order chi connectivity index (χ1) is 8.70. The summed E-state index contributed by atoms with van der Waals surface area (Å²) in [5.74, 6) is -0.173. The molecule has 1 heterocycles. The van der Waals surface area contributed by atoms with Crippen molar-refractivity contribution in [1.29, 1.82) is 0 Å². The third kappa shape index (κ3) is 3.15. The molecule has 0 aliphatic heterocycles. The molecule has 0 aliphatic carbocycles. The molecule has 96 valence electrons. The van der Waals surface area contributed by atoms with Gasteiger partial charge in [0.2, 0.25) is 0 Å². The van der Waals surface area contributed by atoms with Gasteiger partial charge in [-0.2, -0.15) is 0 Å². The predicted octanol–water partition coefficient (Wildman–Crippen LogP) is 3.76. The SMILES string of the molecule is CCCNCc1csc(-c2ccc(C)c(F)c2)n1. The summed E-state index contributed by atoms with van der Waals surface area (Å²) in [4.78, 5) is 4.51. The van der Waals surface area contributed by atoms with E-state index in [-0.39, 0.29) is 5.82 Å². The molecule has 0 amide bonds. The van der Waals surface area contributed by atoms with Crippen molar-refractivity contribution in [2.75, 3.05) is 6.54 Å². The second-order valence-corrected chi connectivity index (χ2v) is 5.14. The lowest BCUT2D eigenvalue weighted by Crippen LogP contribution is -2.13. The molecule has 0 unspecified atom stereocenters. The number of aromatic nitrogens is 1. The fourth-order valence-electron chi connectivity index (χ4n) is 1.64. The molecular weight excluding hydrogens is 247 g/mol. The van der Waals surface area contributed by atoms with Crippen LogP contribution in [0.4, 0.5) is 4.39 Å². The molecule has 0 fully saturated rings. The molecule has 2 aromatic rings. The quantitative estimate of drug-likeness (QED) is 0.832. The van der Waals surface area contributed by atoms with Gasteiger partial charge in [0, 0.05) is 17.5 Å². The first-order valence-electron chi connectivity index (χ1n) is 6.12. The summed E-state index contributed by atoms with van der Waals surface area (Å²) in [6.07, 6.45) is 1.11. The largest absolute Gasteiger partial charge is 0.311 e. The van der Waals surface area contributed by atoms with Crippen LogP contribution >= 0.6 is 11.3 Å². The van der Waals surface area contributed by atoms with Crippen LogP contribution in [0.2, 0.25) is 0 Å². The summed E-state index contributed by atoms with van der Waals surface area (Å²) >= 11 is 1.56. The third-order valence-corrected chi connectivity index (χ3v) is 3.64. The number of nitrogens with one attached hydrogen (secondary N) is 1. The van der Waals surface area contributed by atoms with Crippen molar-refractivity contribution in [3.63, 3.8) is 0 Å². The lowest BCUT2D eigenvalue weighted by atomic mass is 10.1. The van der Waals surface area contributed by atoms with Gasteiger partial charge in [0.1, 0.15) is 10.8 Å². The van der Waals surface area contributed by atoms with Crippen LogP contribution in [0.3, 0.4) is 0 Å². The fraction of sp³-hybridized carbons (Fsp3) is 0.357. The van der Waals surface area contributed by atoms with Gasteiger partial charge < -0.3 is 5.32 Å². The second-order valence-electron chi connectivity index (χ2n) is 4.28. The number of hydrogen-bond donors (Lipinski definition) is 1. The summed E-state index contributed by atoms with van der Waals surface area (Å²) in [5.41, 5.74) is 2.54. The Labute approximate surface area is 111 Å². The molecule has 0 saturated heterocycles. The summed E-state index contributed by atoms with van der Waals surface area (Å²) in [7, 11) is 0. The van der Waals surface area contributed by atoms with Gasteiger partial charge in [-0.15, -0.1) is 11.3 Å². The van der Waals surface area contributed by atoms with Crippen molar-refractivity contribution in [1.82, 2.24) is 10.3 Å². The van der Waals surface area contributed by atoms with Gasteiger partial charge in [0.05, 0.1) is 5.69 Å². The van der Waals surface area contributed by atoms with Gasteiger partial charge in [-0.25, -0.2) is 9.37 Å². The van der Waals surface area contributed by atoms with Crippen LogP contribution in [-0.2, 0) is 6.54 Å². The number of rotatable bonds is 5. The van der Waals surface area contributed by atoms with E-state index in [1.807, 2.05) is 11.4 Å². The van der Waals surface area contributed by atoms with Crippen molar-refractivity contribution < 1.29 is 4.39 Å². The molecule has 1 N–H and O–H groups in total. The van der Waals surface area contributed by atoms with E-state index in [1.54, 1.807) is 30.4 Å². The molecule has 0 atom stereocenters. The Bertz CT molecular complexity index is 522. The molecule has 0 saturated carbocycles. The fourth-order valence-corrected chi connectivity index (χ4v) is 2.46. The molecule has 1 aromatic carbocycles. The van der Waals surface area contributed by atoms with Gasteiger partial charge in [0.25, 0.3) is 0 Å². The van der Waals surface area contributed by atoms with Crippen molar-refractivity contribution in [3.8, 4) is 10.6 Å². The van der Waals surface area contributed by atoms with Crippen LogP contribution in [0.15, 0.2) is 23.6 Å². The Morgan fingerprint density at radius 1 is 1.39 bits per heavy atom. The molecule has 0 radical (unpaired) electrons. The van der Waals surface area contributed by atoms with E-state index < -0.39 is 0 Å². The molecular formula is C14H17FN2S. The Morgan fingerprint density at radius 3 is 2.94 bits per heavy atom. The predicted molar refractivity (Wildman–Crippen MR) is 74.2 cm³/mol. The first-order valence-corrected chi connectivity index (χ1v) is 7.00. The Kier molecular flexibility index (Phi) is 4.44. The zero-order valence-corrected chi connectivity index (χ0v) is 11.5. The summed E-state index contributed by atoms with van der Waals surface area (Å²) in [6, 6.07) is 5.26. The van der Waals surface area contributed by atoms with Crippen molar-refractivity contribution in [3.05, 3.63) is 40.7 Å². The van der Waals surface area contributed by atoms with E-state index in [4.69, 9.17) is 0 Å². The van der Waals surface area contributed by atoms with E-state index in [0.29, 0.717) is 5.56 Å². The Hall–Kier alpha value is -1.26. The minimum Gasteiger partial charge on any atom is -0.311 e. The maximum absolute atomic E-state index is 13.5. The normalized spacial score (nSPS) is 10.8. The maximum atomic E-state index is 13.5. The molecule has 0 bridgehead atoms. The topological polar surface area (TPSA) is 24.9 Å². The number of aryl methyl sites for hydroxylation is 1. The van der Waals surface area contributed by atoms with Crippen LogP contribution in [0.5, 0.6) is 0 Å². The van der Waals surface area contributed by atoms with Crippen LogP contribution in [0, 0.1) is 12.7 Å². The zero-order valence-electron chi connectivity index (χ0n) is 10.7. The van der Waals surface area contributed by atoms with E-state index in [2.05, 4.69) is 17.2 Å². The lowest BCUT2D eigenvalue weighted by Gasteiger charge is -2.00. The summed E-state index contributed by atoms with van der Waals surface area (Å²) in [6.45, 7) is 5.67. The minimum absolute atomic E-state index is 0.173. The van der Waals surface area contributed by atoms with Crippen LogP contribution in [-0.4, -0.2) is 11.5 Å². The van der Waals surface area contributed by atoms with E-state index in [9.17, 15) is 4.39 Å². The van der Waals surface area contributed by atoms with E-state index >= 15 is 0 Å². The van der Waals surface area contributed by atoms with Crippen LogP contribution in [0.25, 0.3) is 10.6 Å². The van der Waals surface area contributed by atoms with Gasteiger partial charge in [-0.05, 0) is 31.5 Å². The number of halogens is 1. The Balaban J connectivity index is 2.11. The highest BCUT2D eigenvalue weighted by Gasteiger charge is 2.06. The molecule has 0 spiro atoms. The van der Waals surface area contributed by atoms with Crippen molar-refractivity contribution >= 4 is 11.3 Å². The highest BCUT2D eigenvalue weighted by Crippen LogP contribution is 2.25. The van der Waals surface area contributed by atoms with Gasteiger partial charge in [-0.3, -0.25) is 0 Å². The Morgan fingerprint density at radius 2 is 2.22 bits per heavy atom. The smallest absolute Gasteiger partial charge is 0.126 e. The molecule has 18 heavy (non-hydrogen) atoms. The van der Waals surface area contributed by atoms with E-state index in [0.717, 1.165) is 35.8 Å². The molecule has 4 heteroatoms. The number of thiazole rings is 1. The number of hydrogen-bond acceptors (Lipinski definition) is 3. The monoisotopic (exact) mass is 264 g/mol. The lowest BCUT2D eigenvalue weighted by molar-refractivity contribution is 0.619. The van der Waals surface area contributed by atoms with Crippen LogP contribution < -0.4 is 5.32 Å². The highest BCUT2D eigenvalue weighted by molar-refractivity contribution is 7.13. The third-order valence-electron chi connectivity index (χ3n) is 2.70. The minimum atomic E-state index is -0.173. The number of nitrogens with zero attached hydrogens (tertiary/aromatic N) is 1. The maximum Gasteiger partial charge on any atom is 0.126 e.